The van der Waals surface area contributed by atoms with E-state index < -0.39 is 11.2 Å². The van der Waals surface area contributed by atoms with E-state index in [-0.39, 0.29) is 35.0 Å². The van der Waals surface area contributed by atoms with Crippen molar-refractivity contribution in [2.45, 2.75) is 19.4 Å². The lowest BCUT2D eigenvalue weighted by Crippen LogP contribution is -2.44. The third kappa shape index (κ3) is 3.78. The van der Waals surface area contributed by atoms with Crippen molar-refractivity contribution < 1.29 is 14.4 Å². The highest BCUT2D eigenvalue weighted by atomic mass is 19.1. The van der Waals surface area contributed by atoms with E-state index in [1.807, 2.05) is 0 Å². The summed E-state index contributed by atoms with van der Waals surface area (Å²) in [6.07, 6.45) is 1.32. The number of para-hydroxylation sites is 1. The highest BCUT2D eigenvalue weighted by Gasteiger charge is 2.26. The smallest absolute Gasteiger partial charge is 0.364 e. The Kier molecular flexibility index (Phi) is 5.50. The summed E-state index contributed by atoms with van der Waals surface area (Å²) >= 11 is 0. The summed E-state index contributed by atoms with van der Waals surface area (Å²) < 4.78 is 14.6. The van der Waals surface area contributed by atoms with Crippen molar-refractivity contribution >= 4 is 16.7 Å². The van der Waals surface area contributed by atoms with Gasteiger partial charge in [0.15, 0.2) is 5.78 Å². The van der Waals surface area contributed by atoms with Crippen LogP contribution >= 0.6 is 0 Å². The molecule has 0 aliphatic carbocycles. The molecular weight excluding hydrogens is 389 g/mol. The third-order valence-corrected chi connectivity index (χ3v) is 5.75. The molecule has 8 heteroatoms. The zero-order valence-corrected chi connectivity index (χ0v) is 16.3. The number of nitrogens with zero attached hydrogens (tertiary/aromatic N) is 3. The van der Waals surface area contributed by atoms with Gasteiger partial charge in [0.1, 0.15) is 5.82 Å². The Morgan fingerprint density at radius 2 is 1.67 bits per heavy atom. The first-order valence-corrected chi connectivity index (χ1v) is 9.91. The number of carbonyl (C=O) groups excluding carboxylic acids is 1. The van der Waals surface area contributed by atoms with Crippen molar-refractivity contribution in [3.63, 3.8) is 0 Å². The molecule has 3 aromatic rings. The van der Waals surface area contributed by atoms with E-state index in [4.69, 9.17) is 0 Å². The van der Waals surface area contributed by atoms with Crippen LogP contribution < -0.4 is 11.2 Å². The minimum Gasteiger partial charge on any atom is -0.424 e. The van der Waals surface area contributed by atoms with E-state index in [0.29, 0.717) is 42.8 Å². The summed E-state index contributed by atoms with van der Waals surface area (Å²) in [5, 5.41) is 10.4. The van der Waals surface area contributed by atoms with Crippen molar-refractivity contribution in [2.24, 2.45) is 5.92 Å². The summed E-state index contributed by atoms with van der Waals surface area (Å²) in [6, 6.07) is 12.0. The second-order valence-corrected chi connectivity index (χ2v) is 7.56. The molecule has 2 heterocycles. The minimum absolute atomic E-state index is 0.0172. The fourth-order valence-corrected chi connectivity index (χ4v) is 4.00. The first-order valence-electron chi connectivity index (χ1n) is 9.91. The monoisotopic (exact) mass is 411 g/mol. The zero-order valence-electron chi connectivity index (χ0n) is 16.3. The fraction of sp³-hybridized carbons (Fsp3) is 0.318. The van der Waals surface area contributed by atoms with Gasteiger partial charge in [-0.1, -0.05) is 12.1 Å². The molecule has 0 amide bonds. The van der Waals surface area contributed by atoms with Crippen LogP contribution in [-0.2, 0) is 6.54 Å². The molecular formula is C22H22FN3O4. The first-order chi connectivity index (χ1) is 14.5. The highest BCUT2D eigenvalue weighted by Crippen LogP contribution is 2.22. The normalized spacial score (nSPS) is 15.5. The van der Waals surface area contributed by atoms with Crippen LogP contribution in [0.25, 0.3) is 10.9 Å². The van der Waals surface area contributed by atoms with E-state index in [9.17, 15) is 24.0 Å². The van der Waals surface area contributed by atoms with Crippen molar-refractivity contribution in [1.29, 1.82) is 0 Å². The predicted molar refractivity (Wildman–Crippen MR) is 110 cm³/mol. The molecule has 156 valence electrons. The zero-order chi connectivity index (χ0) is 21.3. The lowest BCUT2D eigenvalue weighted by molar-refractivity contribution is 0.0836. The van der Waals surface area contributed by atoms with Gasteiger partial charge in [-0.05, 0) is 62.3 Å². The number of fused-ring (bicyclic) bond motifs is 1. The van der Waals surface area contributed by atoms with Gasteiger partial charge in [-0.25, -0.2) is 9.18 Å². The van der Waals surface area contributed by atoms with Crippen LogP contribution in [0.5, 0.6) is 0 Å². The van der Waals surface area contributed by atoms with E-state index >= 15 is 0 Å². The van der Waals surface area contributed by atoms with Gasteiger partial charge in [0.05, 0.1) is 10.9 Å². The number of aromatic nitrogens is 2. The number of benzene rings is 2. The molecule has 1 aliphatic rings. The van der Waals surface area contributed by atoms with Crippen LogP contribution in [0.1, 0.15) is 23.2 Å². The Labute approximate surface area is 171 Å². The van der Waals surface area contributed by atoms with Crippen LogP contribution in [-0.4, -0.2) is 44.8 Å². The standard InChI is InChI=1S/C22H22FN3O4/c23-17-7-5-15(6-8-17)20(27)16-9-11-24(12-10-16)13-14-25-21(28)18-3-1-2-4-19(18)26(30)22(25)29/h1-8,16,30H,9-14H2. The molecule has 0 atom stereocenters. The summed E-state index contributed by atoms with van der Waals surface area (Å²) in [5.74, 6) is -0.472. The molecule has 0 bridgehead atoms. The van der Waals surface area contributed by atoms with E-state index in [0.717, 1.165) is 4.57 Å². The van der Waals surface area contributed by atoms with Crippen LogP contribution in [0.4, 0.5) is 4.39 Å². The Balaban J connectivity index is 1.41. The van der Waals surface area contributed by atoms with Crippen molar-refractivity contribution in [3.05, 3.63) is 80.7 Å². The maximum Gasteiger partial charge on any atom is 0.364 e. The van der Waals surface area contributed by atoms with Crippen molar-refractivity contribution in [2.75, 3.05) is 19.6 Å². The fourth-order valence-electron chi connectivity index (χ4n) is 4.00. The van der Waals surface area contributed by atoms with Gasteiger partial charge in [0.2, 0.25) is 0 Å². The van der Waals surface area contributed by atoms with Gasteiger partial charge in [-0.15, -0.1) is 4.73 Å². The van der Waals surface area contributed by atoms with Gasteiger partial charge < -0.3 is 10.1 Å². The van der Waals surface area contributed by atoms with Crippen molar-refractivity contribution in [3.8, 4) is 0 Å². The number of halogens is 1. The van der Waals surface area contributed by atoms with Gasteiger partial charge in [0.25, 0.3) is 5.56 Å². The summed E-state index contributed by atoms with van der Waals surface area (Å²) in [6.45, 7) is 1.94. The lowest BCUT2D eigenvalue weighted by atomic mass is 9.89. The molecule has 4 rings (SSSR count). The summed E-state index contributed by atoms with van der Waals surface area (Å²) in [7, 11) is 0. The second kappa shape index (κ2) is 8.23. The Hall–Kier alpha value is -3.26. The van der Waals surface area contributed by atoms with Gasteiger partial charge in [0, 0.05) is 24.6 Å². The Morgan fingerprint density at radius 1 is 1.00 bits per heavy atom. The predicted octanol–water partition coefficient (Wildman–Crippen LogP) is 2.13. The number of piperidine rings is 1. The van der Waals surface area contributed by atoms with E-state index in [2.05, 4.69) is 4.90 Å². The van der Waals surface area contributed by atoms with Gasteiger partial charge >= 0.3 is 5.69 Å². The van der Waals surface area contributed by atoms with Gasteiger partial charge in [-0.2, -0.15) is 0 Å². The quantitative estimate of drug-likeness (QED) is 0.514. The molecule has 2 aromatic carbocycles. The molecule has 1 N–H and O–H groups in total. The van der Waals surface area contributed by atoms with Gasteiger partial charge in [-0.3, -0.25) is 14.2 Å². The van der Waals surface area contributed by atoms with Crippen LogP contribution in [0.2, 0.25) is 0 Å². The first kappa shape index (κ1) is 20.0. The number of carbonyl (C=O) groups is 1. The van der Waals surface area contributed by atoms with E-state index in [1.54, 1.807) is 18.2 Å². The molecule has 1 saturated heterocycles. The van der Waals surface area contributed by atoms with Crippen molar-refractivity contribution in [1.82, 2.24) is 14.2 Å². The average Bonchev–Trinajstić information content (AvgIpc) is 2.78. The number of likely N-dealkylation sites (tertiary alicyclic amines) is 1. The molecule has 1 aromatic heterocycles. The molecule has 0 saturated carbocycles. The van der Waals surface area contributed by atoms with Crippen LogP contribution in [0.15, 0.2) is 58.1 Å². The number of ketones is 1. The summed E-state index contributed by atoms with van der Waals surface area (Å²) in [4.78, 5) is 39.7. The number of hydrogen-bond donors (Lipinski definition) is 1. The molecule has 1 aliphatic heterocycles. The Morgan fingerprint density at radius 3 is 2.37 bits per heavy atom. The molecule has 1 fully saturated rings. The van der Waals surface area contributed by atoms with E-state index in [1.165, 1.54) is 30.3 Å². The topological polar surface area (TPSA) is 84.5 Å². The number of Topliss-reactive ketones (excluding diaryl/α,β-unsaturated/α-hetero) is 1. The molecule has 0 radical (unpaired) electrons. The molecule has 0 spiro atoms. The molecule has 30 heavy (non-hydrogen) atoms. The minimum atomic E-state index is -0.764. The second-order valence-electron chi connectivity index (χ2n) is 7.56. The lowest BCUT2D eigenvalue weighted by Gasteiger charge is -2.31. The summed E-state index contributed by atoms with van der Waals surface area (Å²) in [5.41, 5.74) is -0.493. The highest BCUT2D eigenvalue weighted by molar-refractivity contribution is 5.97. The molecule has 0 unspecified atom stereocenters. The third-order valence-electron chi connectivity index (χ3n) is 5.75. The number of rotatable bonds is 5. The largest absolute Gasteiger partial charge is 0.424 e. The maximum absolute atomic E-state index is 13.1. The van der Waals surface area contributed by atoms with Crippen LogP contribution in [0.3, 0.4) is 0 Å². The SMILES string of the molecule is O=C(c1ccc(F)cc1)C1CCN(CCn2c(=O)c3ccccc3n(O)c2=O)CC1. The molecule has 7 nitrogen and oxygen atoms in total. The average molecular weight is 411 g/mol. The Bertz CT molecular complexity index is 1190. The van der Waals surface area contributed by atoms with Crippen LogP contribution in [0, 0.1) is 11.7 Å². The number of hydrogen-bond acceptors (Lipinski definition) is 5. The maximum atomic E-state index is 13.1.